The van der Waals surface area contributed by atoms with Gasteiger partial charge in [0.05, 0.1) is 34.3 Å². The van der Waals surface area contributed by atoms with E-state index < -0.39 is 0 Å². The van der Waals surface area contributed by atoms with Gasteiger partial charge in [0.15, 0.2) is 0 Å². The normalized spacial score (nSPS) is 10.4. The molecule has 0 aliphatic rings. The molecule has 0 saturated carbocycles. The molecule has 0 bridgehead atoms. The average Bonchev–Trinajstić information content (AvgIpc) is 2.77. The van der Waals surface area contributed by atoms with Crippen LogP contribution in [-0.2, 0) is 16.0 Å². The summed E-state index contributed by atoms with van der Waals surface area (Å²) in [6.45, 7) is 0.599. The third-order valence-corrected chi connectivity index (χ3v) is 5.00. The van der Waals surface area contributed by atoms with Gasteiger partial charge in [-0.25, -0.2) is 0 Å². The number of benzene rings is 2. The molecule has 160 valence electrons. The Morgan fingerprint density at radius 1 is 0.968 bits per heavy atom. The molecular weight excluding hydrogens is 437 g/mol. The summed E-state index contributed by atoms with van der Waals surface area (Å²) in [6, 6.07) is 16.0. The predicted octanol–water partition coefficient (Wildman–Crippen LogP) is 5.04. The van der Waals surface area contributed by atoms with Crippen molar-refractivity contribution in [3.05, 3.63) is 88.2 Å². The summed E-state index contributed by atoms with van der Waals surface area (Å²) >= 11 is 12.5. The Labute approximate surface area is 190 Å². The van der Waals surface area contributed by atoms with Crippen molar-refractivity contribution in [3.63, 3.8) is 0 Å². The smallest absolute Gasteiger partial charge is 0.310 e. The molecule has 1 aromatic heterocycles. The molecule has 3 rings (SSSR count). The monoisotopic (exact) mass is 457 g/mol. The number of hydrogen-bond acceptors (Lipinski definition) is 5. The van der Waals surface area contributed by atoms with Gasteiger partial charge in [0, 0.05) is 24.6 Å². The van der Waals surface area contributed by atoms with E-state index in [4.69, 9.17) is 27.9 Å². The molecule has 2 aromatic carbocycles. The first kappa shape index (κ1) is 22.6. The Morgan fingerprint density at radius 2 is 1.74 bits per heavy atom. The van der Waals surface area contributed by atoms with Crippen LogP contribution < -0.4 is 10.6 Å². The summed E-state index contributed by atoms with van der Waals surface area (Å²) in [7, 11) is 0. The number of anilines is 2. The number of carbonyl (C=O) groups is 2. The van der Waals surface area contributed by atoms with Crippen LogP contribution in [0.15, 0.2) is 67.0 Å². The first-order chi connectivity index (χ1) is 15.0. The molecular formula is C23H21Cl2N3O3. The lowest BCUT2D eigenvalue weighted by Crippen LogP contribution is -2.25. The zero-order valence-corrected chi connectivity index (χ0v) is 18.1. The van der Waals surface area contributed by atoms with Crippen molar-refractivity contribution < 1.29 is 14.3 Å². The van der Waals surface area contributed by atoms with E-state index in [-0.39, 0.29) is 24.9 Å². The van der Waals surface area contributed by atoms with Gasteiger partial charge in [-0.2, -0.15) is 0 Å². The van der Waals surface area contributed by atoms with Crippen LogP contribution in [0.1, 0.15) is 22.3 Å². The van der Waals surface area contributed by atoms with Gasteiger partial charge in [0.1, 0.15) is 0 Å². The predicted molar refractivity (Wildman–Crippen MR) is 122 cm³/mol. The number of pyridine rings is 1. The highest BCUT2D eigenvalue weighted by Gasteiger charge is 2.12. The van der Waals surface area contributed by atoms with Gasteiger partial charge < -0.3 is 15.4 Å². The van der Waals surface area contributed by atoms with Crippen LogP contribution in [-0.4, -0.2) is 30.0 Å². The van der Waals surface area contributed by atoms with Crippen molar-refractivity contribution in [1.29, 1.82) is 0 Å². The molecule has 0 radical (unpaired) electrons. The molecule has 0 aliphatic heterocycles. The summed E-state index contributed by atoms with van der Waals surface area (Å²) in [5.74, 6) is -0.573. The molecule has 6 nitrogen and oxygen atoms in total. The first-order valence-corrected chi connectivity index (χ1v) is 10.4. The summed E-state index contributed by atoms with van der Waals surface area (Å²) in [5, 5.41) is 6.93. The number of para-hydroxylation sites is 2. The van der Waals surface area contributed by atoms with Crippen molar-refractivity contribution in [3.8, 4) is 0 Å². The zero-order valence-electron chi connectivity index (χ0n) is 16.6. The van der Waals surface area contributed by atoms with Crippen molar-refractivity contribution in [2.24, 2.45) is 0 Å². The quantitative estimate of drug-likeness (QED) is 0.347. The fraction of sp³-hybridized carbons (Fsp3) is 0.174. The Bertz CT molecular complexity index is 1020. The maximum absolute atomic E-state index is 12.3. The molecule has 0 spiro atoms. The lowest BCUT2D eigenvalue weighted by molar-refractivity contribution is -0.142. The molecule has 1 heterocycles. The average molecular weight is 458 g/mol. The standard InChI is InChI=1S/C23H21Cl2N3O3/c24-18-8-3-9-19(25)22(18)28-20-10-2-1-6-16(20)14-21(29)31-13-5-12-27-23(30)17-7-4-11-26-15-17/h1-4,6-11,15,28H,5,12-14H2,(H,27,30). The van der Waals surface area contributed by atoms with Crippen LogP contribution in [0.3, 0.4) is 0 Å². The SMILES string of the molecule is O=C(Cc1ccccc1Nc1c(Cl)cccc1Cl)OCCCNC(=O)c1cccnc1. The summed E-state index contributed by atoms with van der Waals surface area (Å²) in [4.78, 5) is 28.1. The van der Waals surface area contributed by atoms with Crippen molar-refractivity contribution in [2.75, 3.05) is 18.5 Å². The maximum Gasteiger partial charge on any atom is 0.310 e. The van der Waals surface area contributed by atoms with E-state index in [1.165, 1.54) is 6.20 Å². The van der Waals surface area contributed by atoms with Gasteiger partial charge in [0.2, 0.25) is 0 Å². The number of hydrogen-bond donors (Lipinski definition) is 2. The Kier molecular flexibility index (Phi) is 8.27. The number of nitrogens with zero attached hydrogens (tertiary/aromatic N) is 1. The minimum atomic E-state index is -0.363. The third-order valence-electron chi connectivity index (χ3n) is 4.37. The van der Waals surface area contributed by atoms with E-state index >= 15 is 0 Å². The van der Waals surface area contributed by atoms with Gasteiger partial charge in [-0.15, -0.1) is 0 Å². The molecule has 0 unspecified atom stereocenters. The Morgan fingerprint density at radius 3 is 2.48 bits per heavy atom. The second kappa shape index (κ2) is 11.3. The number of amides is 1. The molecule has 0 saturated heterocycles. The van der Waals surface area contributed by atoms with Gasteiger partial charge in [-0.3, -0.25) is 14.6 Å². The number of nitrogens with one attached hydrogen (secondary N) is 2. The fourth-order valence-corrected chi connectivity index (χ4v) is 3.31. The van der Waals surface area contributed by atoms with E-state index in [0.717, 1.165) is 11.3 Å². The number of esters is 1. The molecule has 0 atom stereocenters. The van der Waals surface area contributed by atoms with Crippen LogP contribution in [0.5, 0.6) is 0 Å². The largest absolute Gasteiger partial charge is 0.465 e. The van der Waals surface area contributed by atoms with Crippen LogP contribution in [0, 0.1) is 0 Å². The summed E-state index contributed by atoms with van der Waals surface area (Å²) < 4.78 is 5.30. The molecule has 31 heavy (non-hydrogen) atoms. The summed E-state index contributed by atoms with van der Waals surface area (Å²) in [6.07, 6.45) is 3.70. The number of ether oxygens (including phenoxy) is 1. The van der Waals surface area contributed by atoms with Crippen LogP contribution >= 0.6 is 23.2 Å². The van der Waals surface area contributed by atoms with Crippen LogP contribution in [0.25, 0.3) is 0 Å². The highest BCUT2D eigenvalue weighted by molar-refractivity contribution is 6.39. The molecule has 0 aliphatic carbocycles. The molecule has 2 N–H and O–H groups in total. The highest BCUT2D eigenvalue weighted by Crippen LogP contribution is 2.33. The van der Waals surface area contributed by atoms with Crippen LogP contribution in [0.4, 0.5) is 11.4 Å². The van der Waals surface area contributed by atoms with E-state index in [9.17, 15) is 9.59 Å². The van der Waals surface area contributed by atoms with Crippen molar-refractivity contribution in [2.45, 2.75) is 12.8 Å². The molecule has 0 fully saturated rings. The molecule has 8 heteroatoms. The number of carbonyl (C=O) groups excluding carboxylic acids is 2. The third kappa shape index (κ3) is 6.70. The van der Waals surface area contributed by atoms with Crippen LogP contribution in [0.2, 0.25) is 10.0 Å². The second-order valence-electron chi connectivity index (χ2n) is 6.63. The van der Waals surface area contributed by atoms with Crippen molar-refractivity contribution in [1.82, 2.24) is 10.3 Å². The minimum Gasteiger partial charge on any atom is -0.465 e. The maximum atomic E-state index is 12.3. The van der Waals surface area contributed by atoms with E-state index in [2.05, 4.69) is 15.6 Å². The Balaban J connectivity index is 1.47. The lowest BCUT2D eigenvalue weighted by Gasteiger charge is -2.14. The topological polar surface area (TPSA) is 80.3 Å². The molecule has 3 aromatic rings. The Hall–Kier alpha value is -3.09. The van der Waals surface area contributed by atoms with Crippen molar-refractivity contribution >= 4 is 46.5 Å². The van der Waals surface area contributed by atoms with Gasteiger partial charge in [-0.1, -0.05) is 47.5 Å². The number of halogens is 2. The number of rotatable bonds is 9. The van der Waals surface area contributed by atoms with E-state index in [1.807, 2.05) is 24.3 Å². The second-order valence-corrected chi connectivity index (χ2v) is 7.44. The molecule has 1 amide bonds. The van der Waals surface area contributed by atoms with Gasteiger partial charge in [0.25, 0.3) is 5.91 Å². The lowest BCUT2D eigenvalue weighted by atomic mass is 10.1. The fourth-order valence-electron chi connectivity index (χ4n) is 2.81. The summed E-state index contributed by atoms with van der Waals surface area (Å²) in [5.41, 5.74) is 2.55. The zero-order chi connectivity index (χ0) is 22.1. The first-order valence-electron chi connectivity index (χ1n) is 9.67. The van der Waals surface area contributed by atoms with Gasteiger partial charge in [-0.05, 0) is 42.3 Å². The van der Waals surface area contributed by atoms with Gasteiger partial charge >= 0.3 is 5.97 Å². The van der Waals surface area contributed by atoms with E-state index in [0.29, 0.717) is 34.3 Å². The van der Waals surface area contributed by atoms with E-state index in [1.54, 1.807) is 36.5 Å². The highest BCUT2D eigenvalue weighted by atomic mass is 35.5. The minimum absolute atomic E-state index is 0.0906. The number of aromatic nitrogens is 1.